The van der Waals surface area contributed by atoms with Gasteiger partial charge in [-0.05, 0) is 12.1 Å². The summed E-state index contributed by atoms with van der Waals surface area (Å²) in [4.78, 5) is 0.576. The van der Waals surface area contributed by atoms with E-state index in [1.807, 2.05) is 0 Å². The molecule has 0 bridgehead atoms. The lowest BCUT2D eigenvalue weighted by Crippen LogP contribution is -2.21. The van der Waals surface area contributed by atoms with Crippen LogP contribution in [0.4, 0.5) is 14.5 Å². The normalized spacial score (nSPS) is 11.2. The molecule has 0 saturated carbocycles. The molecular weight excluding hydrogens is 272 g/mol. The number of benzene rings is 1. The molecule has 100 valence electrons. The third-order valence-electron chi connectivity index (χ3n) is 1.90. The van der Waals surface area contributed by atoms with Gasteiger partial charge >= 0.3 is 0 Å². The van der Waals surface area contributed by atoms with E-state index in [1.165, 1.54) is 0 Å². The first-order valence-corrected chi connectivity index (χ1v) is 6.11. The molecule has 1 aromatic rings. The van der Waals surface area contributed by atoms with Crippen molar-refractivity contribution < 1.29 is 8.78 Å². The maximum absolute atomic E-state index is 12.2. The number of nitriles is 1. The summed E-state index contributed by atoms with van der Waals surface area (Å²) in [7, 11) is 0. The minimum absolute atomic E-state index is 0.270. The molecule has 0 saturated heterocycles. The third kappa shape index (κ3) is 4.93. The second-order valence-corrected chi connectivity index (χ2v) is 4.36. The lowest BCUT2D eigenvalue weighted by atomic mass is 10.3. The molecule has 19 heavy (non-hydrogen) atoms. The number of hydrogen-bond donors (Lipinski definition) is 3. The van der Waals surface area contributed by atoms with Crippen LogP contribution >= 0.6 is 11.8 Å². The Balaban J connectivity index is 2.84. The van der Waals surface area contributed by atoms with Gasteiger partial charge in [-0.1, -0.05) is 12.1 Å². The van der Waals surface area contributed by atoms with Gasteiger partial charge in [0.2, 0.25) is 12.1 Å². The van der Waals surface area contributed by atoms with Crippen molar-refractivity contribution >= 4 is 29.0 Å². The second-order valence-electron chi connectivity index (χ2n) is 3.30. The maximum atomic E-state index is 12.2. The lowest BCUT2D eigenvalue weighted by molar-refractivity contribution is 0.177. The van der Waals surface area contributed by atoms with Gasteiger partial charge in [0.05, 0.1) is 11.4 Å². The number of thioether (sulfide) groups is 1. The van der Waals surface area contributed by atoms with Crippen LogP contribution in [-0.4, -0.2) is 23.7 Å². The lowest BCUT2D eigenvalue weighted by Gasteiger charge is -2.08. The highest BCUT2D eigenvalue weighted by atomic mass is 32.2. The molecule has 0 unspecified atom stereocenters. The van der Waals surface area contributed by atoms with Gasteiger partial charge in [0, 0.05) is 4.90 Å². The number of hydrazone groups is 1. The van der Waals surface area contributed by atoms with E-state index in [2.05, 4.69) is 10.5 Å². The van der Waals surface area contributed by atoms with Crippen molar-refractivity contribution in [1.29, 1.82) is 10.7 Å². The number of nitrogens with one attached hydrogen (secondary N) is 2. The van der Waals surface area contributed by atoms with Gasteiger partial charge in [-0.15, -0.1) is 11.8 Å². The molecule has 0 heterocycles. The summed E-state index contributed by atoms with van der Waals surface area (Å²) in [5.41, 5.74) is 7.89. The number of nitrogens with zero attached hydrogens (tertiary/aromatic N) is 2. The fraction of sp³-hybridized carbons (Fsp3) is 0.182. The van der Waals surface area contributed by atoms with Gasteiger partial charge in [0.25, 0.3) is 0 Å². The van der Waals surface area contributed by atoms with Crippen LogP contribution in [0.1, 0.15) is 0 Å². The summed E-state index contributed by atoms with van der Waals surface area (Å²) < 4.78 is 24.3. The fourth-order valence-electron chi connectivity index (χ4n) is 1.10. The van der Waals surface area contributed by atoms with Crippen LogP contribution in [-0.2, 0) is 0 Å². The summed E-state index contributed by atoms with van der Waals surface area (Å²) >= 11 is 0.973. The molecule has 0 aliphatic rings. The van der Waals surface area contributed by atoms with E-state index in [0.29, 0.717) is 10.6 Å². The van der Waals surface area contributed by atoms with Gasteiger partial charge in [-0.2, -0.15) is 10.4 Å². The highest BCUT2D eigenvalue weighted by Gasteiger charge is 2.08. The van der Waals surface area contributed by atoms with Crippen molar-refractivity contribution in [2.75, 3.05) is 11.2 Å². The van der Waals surface area contributed by atoms with E-state index in [4.69, 9.17) is 16.4 Å². The zero-order valence-corrected chi connectivity index (χ0v) is 10.5. The van der Waals surface area contributed by atoms with E-state index in [1.54, 1.807) is 30.3 Å². The predicted molar refractivity (Wildman–Crippen MR) is 71.8 cm³/mol. The molecule has 4 N–H and O–H groups in total. The second kappa shape index (κ2) is 7.33. The summed E-state index contributed by atoms with van der Waals surface area (Å²) in [6.07, 6.45) is -2.41. The molecule has 0 aromatic heterocycles. The Bertz CT molecular complexity index is 524. The van der Waals surface area contributed by atoms with Crippen LogP contribution in [0.3, 0.4) is 0 Å². The Morgan fingerprint density at radius 2 is 2.21 bits per heavy atom. The summed E-state index contributed by atoms with van der Waals surface area (Å²) in [5.74, 6) is -0.798. The molecule has 0 aliphatic heterocycles. The van der Waals surface area contributed by atoms with Crippen molar-refractivity contribution in [3.05, 3.63) is 24.3 Å². The Hall–Kier alpha value is -2.14. The zero-order valence-electron chi connectivity index (χ0n) is 9.73. The average Bonchev–Trinajstić information content (AvgIpc) is 2.37. The van der Waals surface area contributed by atoms with E-state index >= 15 is 0 Å². The molecule has 0 fully saturated rings. The number of hydrogen-bond acceptors (Lipinski definition) is 5. The number of para-hydroxylation sites is 1. The van der Waals surface area contributed by atoms with Crippen LogP contribution in [0, 0.1) is 16.7 Å². The number of rotatable bonds is 6. The van der Waals surface area contributed by atoms with Gasteiger partial charge in [0.15, 0.2) is 5.84 Å². The molecule has 0 aliphatic carbocycles. The van der Waals surface area contributed by atoms with Crippen LogP contribution < -0.4 is 11.2 Å². The van der Waals surface area contributed by atoms with E-state index in [-0.39, 0.29) is 11.5 Å². The monoisotopic (exact) mass is 283 g/mol. The average molecular weight is 283 g/mol. The third-order valence-corrected chi connectivity index (χ3v) is 2.99. The molecule has 1 rings (SSSR count). The van der Waals surface area contributed by atoms with Gasteiger partial charge in [-0.25, -0.2) is 8.78 Å². The van der Waals surface area contributed by atoms with Crippen LogP contribution in [0.2, 0.25) is 0 Å². The van der Waals surface area contributed by atoms with Gasteiger partial charge in [-0.3, -0.25) is 10.8 Å². The highest BCUT2D eigenvalue weighted by molar-refractivity contribution is 7.99. The molecule has 0 spiro atoms. The summed E-state index contributed by atoms with van der Waals surface area (Å²) in [6.45, 7) is 0. The van der Waals surface area contributed by atoms with Crippen molar-refractivity contribution in [2.45, 2.75) is 11.3 Å². The number of amidine groups is 1. The molecule has 5 nitrogen and oxygen atoms in total. The maximum Gasteiger partial charge on any atom is 0.247 e. The summed E-state index contributed by atoms with van der Waals surface area (Å²) in [6, 6.07) is 8.35. The number of halogens is 2. The van der Waals surface area contributed by atoms with E-state index < -0.39 is 12.3 Å². The van der Waals surface area contributed by atoms with Crippen molar-refractivity contribution in [3.8, 4) is 6.07 Å². The first kappa shape index (κ1) is 14.9. The SMILES string of the molecule is N#C/C(=N\Nc1ccccc1SCC(F)F)C(=N)N. The molecule has 8 heteroatoms. The van der Waals surface area contributed by atoms with Crippen LogP contribution in [0.25, 0.3) is 0 Å². The number of alkyl halides is 2. The Morgan fingerprint density at radius 3 is 2.79 bits per heavy atom. The minimum atomic E-state index is -2.41. The van der Waals surface area contributed by atoms with Gasteiger partial charge < -0.3 is 5.73 Å². The first-order valence-electron chi connectivity index (χ1n) is 5.12. The fourth-order valence-corrected chi connectivity index (χ4v) is 1.85. The Kier molecular flexibility index (Phi) is 5.75. The van der Waals surface area contributed by atoms with E-state index in [9.17, 15) is 8.78 Å². The largest absolute Gasteiger partial charge is 0.382 e. The van der Waals surface area contributed by atoms with Gasteiger partial charge in [0.1, 0.15) is 6.07 Å². The topological polar surface area (TPSA) is 98.0 Å². The van der Waals surface area contributed by atoms with Crippen LogP contribution in [0.5, 0.6) is 0 Å². The number of nitrogens with two attached hydrogens (primary N) is 1. The van der Waals surface area contributed by atoms with Crippen molar-refractivity contribution in [1.82, 2.24) is 0 Å². The zero-order chi connectivity index (χ0) is 14.3. The van der Waals surface area contributed by atoms with Crippen molar-refractivity contribution in [2.24, 2.45) is 10.8 Å². The molecule has 1 aromatic carbocycles. The van der Waals surface area contributed by atoms with Crippen molar-refractivity contribution in [3.63, 3.8) is 0 Å². The number of anilines is 1. The molecule has 0 amide bonds. The quantitative estimate of drug-likeness (QED) is 0.323. The Morgan fingerprint density at radius 1 is 1.53 bits per heavy atom. The minimum Gasteiger partial charge on any atom is -0.382 e. The molecule has 0 radical (unpaired) electrons. The first-order chi connectivity index (χ1) is 9.04. The Labute approximate surface area is 113 Å². The molecule has 0 atom stereocenters. The van der Waals surface area contributed by atoms with E-state index in [0.717, 1.165) is 11.8 Å². The standard InChI is InChI=1S/C11H11F2N5S/c12-10(13)6-19-9-4-2-1-3-7(9)17-18-8(5-14)11(15)16/h1-4,10,17H,6H2,(H3,15,16)/b18-8+. The molecular formula is C11H11F2N5S. The smallest absolute Gasteiger partial charge is 0.247 e. The summed E-state index contributed by atoms with van der Waals surface area (Å²) in [5, 5.41) is 19.4. The highest BCUT2D eigenvalue weighted by Crippen LogP contribution is 2.28. The predicted octanol–water partition coefficient (Wildman–Crippen LogP) is 2.27. The van der Waals surface area contributed by atoms with Crippen LogP contribution in [0.15, 0.2) is 34.3 Å².